The quantitative estimate of drug-likeness (QED) is 0.156. The summed E-state index contributed by atoms with van der Waals surface area (Å²) in [6.07, 6.45) is 0. The molecule has 8 aromatic carbocycles. The lowest BCUT2D eigenvalue weighted by Gasteiger charge is -2.20. The van der Waals surface area contributed by atoms with Gasteiger partial charge in [-0.3, -0.25) is 0 Å². The Bertz CT molecular complexity index is 3000. The summed E-state index contributed by atoms with van der Waals surface area (Å²) in [6.45, 7) is 4.61. The van der Waals surface area contributed by atoms with Gasteiger partial charge in [0.1, 0.15) is 0 Å². The average Bonchev–Trinajstić information content (AvgIpc) is 3.65. The van der Waals surface area contributed by atoms with Gasteiger partial charge in [-0.05, 0) is 64.1 Å². The van der Waals surface area contributed by atoms with Gasteiger partial charge in [0.25, 0.3) is 0 Å². The highest BCUT2D eigenvalue weighted by Gasteiger charge is 2.20. The minimum atomic E-state index is 0.156. The largest absolute Gasteiger partial charge is 0.309 e. The number of para-hydroxylation sites is 2. The Morgan fingerprint density at radius 1 is 0.414 bits per heavy atom. The van der Waals surface area contributed by atoms with Crippen LogP contribution in [0.15, 0.2) is 200 Å². The van der Waals surface area contributed by atoms with E-state index in [1.54, 1.807) is 0 Å². The van der Waals surface area contributed by atoms with Crippen LogP contribution in [0.3, 0.4) is 0 Å². The standard InChI is InChI=1S/C54H40N4/c1-36(45-25-12-13-26-47(45)46-33-34-49-48-27-14-15-28-50(48)58(51(49)37(46)2)44-23-10-5-11-24-44)42-21-16-22-43(35-42)38-29-31-41(32-30-38)54-56-52(39-17-6-3-7-18-39)55-53(57-54)40-19-8-4-9-20-40/h3-36H,1-2H3. The third kappa shape index (κ3) is 6.35. The maximum absolute atomic E-state index is 4.94. The first-order valence-electron chi connectivity index (χ1n) is 19.9. The van der Waals surface area contributed by atoms with Crippen molar-refractivity contribution in [1.29, 1.82) is 0 Å². The van der Waals surface area contributed by atoms with Gasteiger partial charge in [0, 0.05) is 39.1 Å². The second kappa shape index (κ2) is 14.9. The number of benzene rings is 8. The first-order valence-corrected chi connectivity index (χ1v) is 19.9. The lowest BCUT2D eigenvalue weighted by molar-refractivity contribution is 0.925. The SMILES string of the molecule is Cc1c(-c2ccccc2C(C)c2cccc(-c3ccc(-c4nc(-c5ccccc5)nc(-c5ccccc5)n4)cc3)c2)ccc2c3ccccc3n(-c3ccccc3)c12. The molecule has 1 atom stereocenters. The Morgan fingerprint density at radius 2 is 0.948 bits per heavy atom. The van der Waals surface area contributed by atoms with Crippen molar-refractivity contribution in [2.75, 3.05) is 0 Å². The fourth-order valence-corrected chi connectivity index (χ4v) is 8.40. The summed E-state index contributed by atoms with van der Waals surface area (Å²) < 4.78 is 2.43. The molecule has 0 aliphatic heterocycles. The van der Waals surface area contributed by atoms with Crippen LogP contribution in [-0.2, 0) is 0 Å². The molecule has 4 nitrogen and oxygen atoms in total. The molecule has 0 amide bonds. The molecular formula is C54H40N4. The second-order valence-corrected chi connectivity index (χ2v) is 14.9. The van der Waals surface area contributed by atoms with E-state index in [1.807, 2.05) is 60.7 Å². The monoisotopic (exact) mass is 744 g/mol. The number of rotatable bonds is 8. The summed E-state index contributed by atoms with van der Waals surface area (Å²) in [5.74, 6) is 2.12. The van der Waals surface area contributed by atoms with Gasteiger partial charge in [0.2, 0.25) is 0 Å². The number of fused-ring (bicyclic) bond motifs is 3. The third-order valence-corrected chi connectivity index (χ3v) is 11.4. The Kier molecular flexibility index (Phi) is 9.00. The molecule has 0 aliphatic carbocycles. The Hall–Kier alpha value is -7.43. The van der Waals surface area contributed by atoms with Crippen molar-refractivity contribution in [3.8, 4) is 62.1 Å². The van der Waals surface area contributed by atoms with Crippen molar-refractivity contribution in [3.63, 3.8) is 0 Å². The maximum atomic E-state index is 4.94. The molecule has 2 heterocycles. The van der Waals surface area contributed by atoms with Crippen LogP contribution in [0.5, 0.6) is 0 Å². The Balaban J connectivity index is 0.997. The fraction of sp³-hybridized carbons (Fsp3) is 0.0556. The highest BCUT2D eigenvalue weighted by molar-refractivity contribution is 6.11. The molecule has 276 valence electrons. The highest BCUT2D eigenvalue weighted by Crippen LogP contribution is 2.41. The van der Waals surface area contributed by atoms with Gasteiger partial charge in [-0.2, -0.15) is 0 Å². The lowest BCUT2D eigenvalue weighted by atomic mass is 9.85. The van der Waals surface area contributed by atoms with Crippen molar-refractivity contribution in [2.45, 2.75) is 19.8 Å². The van der Waals surface area contributed by atoms with E-state index in [9.17, 15) is 0 Å². The van der Waals surface area contributed by atoms with Gasteiger partial charge >= 0.3 is 0 Å². The summed E-state index contributed by atoms with van der Waals surface area (Å²) in [6, 6.07) is 70.7. The normalized spacial score (nSPS) is 11.9. The summed E-state index contributed by atoms with van der Waals surface area (Å²) in [5, 5.41) is 2.54. The first-order chi connectivity index (χ1) is 28.6. The van der Waals surface area contributed by atoms with Crippen molar-refractivity contribution < 1.29 is 0 Å². The molecule has 10 rings (SSSR count). The van der Waals surface area contributed by atoms with Crippen LogP contribution in [0.2, 0.25) is 0 Å². The van der Waals surface area contributed by atoms with Crippen LogP contribution in [-0.4, -0.2) is 19.5 Å². The number of aryl methyl sites for hydroxylation is 1. The zero-order valence-corrected chi connectivity index (χ0v) is 32.4. The molecule has 1 unspecified atom stereocenters. The molecule has 0 spiro atoms. The van der Waals surface area contributed by atoms with Gasteiger partial charge < -0.3 is 4.57 Å². The smallest absolute Gasteiger partial charge is 0.164 e. The fourth-order valence-electron chi connectivity index (χ4n) is 8.40. The molecule has 10 aromatic rings. The second-order valence-electron chi connectivity index (χ2n) is 14.9. The minimum absolute atomic E-state index is 0.156. The van der Waals surface area contributed by atoms with Gasteiger partial charge in [-0.1, -0.05) is 189 Å². The van der Waals surface area contributed by atoms with Crippen LogP contribution < -0.4 is 0 Å². The zero-order chi connectivity index (χ0) is 39.0. The topological polar surface area (TPSA) is 43.6 Å². The number of aromatic nitrogens is 4. The third-order valence-electron chi connectivity index (χ3n) is 11.4. The van der Waals surface area contributed by atoms with Crippen molar-refractivity contribution in [3.05, 3.63) is 217 Å². The van der Waals surface area contributed by atoms with Gasteiger partial charge in [0.05, 0.1) is 11.0 Å². The van der Waals surface area contributed by atoms with Crippen molar-refractivity contribution >= 4 is 21.8 Å². The van der Waals surface area contributed by atoms with Crippen LogP contribution in [0.25, 0.3) is 83.9 Å². The lowest BCUT2D eigenvalue weighted by Crippen LogP contribution is -2.01. The highest BCUT2D eigenvalue weighted by atomic mass is 15.0. The number of hydrogen-bond donors (Lipinski definition) is 0. The molecule has 0 saturated carbocycles. The van der Waals surface area contributed by atoms with Crippen molar-refractivity contribution in [2.24, 2.45) is 0 Å². The number of hydrogen-bond acceptors (Lipinski definition) is 3. The van der Waals surface area contributed by atoms with Crippen LogP contribution in [0, 0.1) is 6.92 Å². The zero-order valence-electron chi connectivity index (χ0n) is 32.4. The van der Waals surface area contributed by atoms with E-state index in [1.165, 1.54) is 60.9 Å². The van der Waals surface area contributed by atoms with Crippen LogP contribution >= 0.6 is 0 Å². The predicted octanol–water partition coefficient (Wildman–Crippen LogP) is 13.8. The molecule has 0 aliphatic rings. The van der Waals surface area contributed by atoms with E-state index in [-0.39, 0.29) is 5.92 Å². The summed E-state index contributed by atoms with van der Waals surface area (Å²) in [5.41, 5.74) is 15.2. The number of nitrogens with zero attached hydrogens (tertiary/aromatic N) is 4. The molecule has 0 bridgehead atoms. The van der Waals surface area contributed by atoms with E-state index in [0.717, 1.165) is 22.3 Å². The van der Waals surface area contributed by atoms with Gasteiger partial charge in [-0.25, -0.2) is 15.0 Å². The van der Waals surface area contributed by atoms with E-state index >= 15 is 0 Å². The Labute approximate surface area is 338 Å². The van der Waals surface area contributed by atoms with Crippen LogP contribution in [0.1, 0.15) is 29.5 Å². The minimum Gasteiger partial charge on any atom is -0.309 e. The summed E-state index contributed by atoms with van der Waals surface area (Å²) >= 11 is 0. The predicted molar refractivity (Wildman–Crippen MR) is 240 cm³/mol. The average molecular weight is 745 g/mol. The molecular weight excluding hydrogens is 705 g/mol. The van der Waals surface area contributed by atoms with E-state index < -0.39 is 0 Å². The first kappa shape index (κ1) is 35.0. The van der Waals surface area contributed by atoms with Crippen LogP contribution in [0.4, 0.5) is 0 Å². The molecule has 0 saturated heterocycles. The molecule has 2 aromatic heterocycles. The molecule has 0 N–H and O–H groups in total. The molecule has 58 heavy (non-hydrogen) atoms. The van der Waals surface area contributed by atoms with E-state index in [4.69, 9.17) is 15.0 Å². The molecule has 0 radical (unpaired) electrons. The maximum Gasteiger partial charge on any atom is 0.164 e. The Morgan fingerprint density at radius 3 is 1.62 bits per heavy atom. The van der Waals surface area contributed by atoms with E-state index in [0.29, 0.717) is 17.5 Å². The van der Waals surface area contributed by atoms with Crippen molar-refractivity contribution in [1.82, 2.24) is 19.5 Å². The molecule has 4 heteroatoms. The van der Waals surface area contributed by atoms with E-state index in [2.05, 4.69) is 158 Å². The van der Waals surface area contributed by atoms with Gasteiger partial charge in [0.15, 0.2) is 17.5 Å². The summed E-state index contributed by atoms with van der Waals surface area (Å²) in [4.78, 5) is 14.7. The summed E-state index contributed by atoms with van der Waals surface area (Å²) in [7, 11) is 0. The van der Waals surface area contributed by atoms with Gasteiger partial charge in [-0.15, -0.1) is 0 Å². The molecule has 0 fully saturated rings.